The number of hydrogen-bond donors (Lipinski definition) is 0. The highest BCUT2D eigenvalue weighted by Gasteiger charge is 2.08. The molecule has 3 heteroatoms. The lowest BCUT2D eigenvalue weighted by Gasteiger charge is -2.11. The van der Waals surface area contributed by atoms with Gasteiger partial charge in [-0.05, 0) is 47.3 Å². The average molecular weight is 285 g/mol. The number of methoxy groups -OCH3 is 2. The molecule has 0 bridgehead atoms. The molecule has 16 heavy (non-hydrogen) atoms. The van der Waals surface area contributed by atoms with Crippen LogP contribution in [0.1, 0.15) is 18.9 Å². The molecule has 0 saturated heterocycles. The van der Waals surface area contributed by atoms with Crippen LogP contribution in [0.15, 0.2) is 28.8 Å². The second kappa shape index (κ2) is 6.59. The first-order valence-corrected chi connectivity index (χ1v) is 6.03. The Morgan fingerprint density at radius 2 is 1.88 bits per heavy atom. The van der Waals surface area contributed by atoms with E-state index >= 15 is 0 Å². The number of allylic oxidation sites excluding steroid dienone is 2. The summed E-state index contributed by atoms with van der Waals surface area (Å²) in [5.41, 5.74) is 1.19. The minimum absolute atomic E-state index is 0.798. The van der Waals surface area contributed by atoms with Crippen LogP contribution >= 0.6 is 15.9 Å². The van der Waals surface area contributed by atoms with E-state index in [1.165, 1.54) is 5.56 Å². The summed E-state index contributed by atoms with van der Waals surface area (Å²) in [4.78, 5) is 0. The summed E-state index contributed by atoms with van der Waals surface area (Å²) in [6, 6.07) is 3.97. The van der Waals surface area contributed by atoms with Gasteiger partial charge < -0.3 is 9.47 Å². The minimum Gasteiger partial charge on any atom is -0.496 e. The Kier molecular flexibility index (Phi) is 5.39. The third-order valence-corrected chi connectivity index (χ3v) is 2.99. The fourth-order valence-electron chi connectivity index (χ4n) is 1.52. The Labute approximate surface area is 105 Å². The Hall–Kier alpha value is -0.960. The van der Waals surface area contributed by atoms with Gasteiger partial charge in [0.15, 0.2) is 0 Å². The maximum absolute atomic E-state index is 5.35. The van der Waals surface area contributed by atoms with Crippen LogP contribution in [0.5, 0.6) is 11.5 Å². The van der Waals surface area contributed by atoms with E-state index in [1.54, 1.807) is 14.2 Å². The lowest BCUT2D eigenvalue weighted by molar-refractivity contribution is 0.389. The first-order chi connectivity index (χ1) is 7.72. The van der Waals surface area contributed by atoms with Gasteiger partial charge in [-0.2, -0.15) is 0 Å². The number of benzene rings is 1. The normalized spacial score (nSPS) is 10.8. The van der Waals surface area contributed by atoms with Crippen molar-refractivity contribution in [3.05, 3.63) is 34.3 Å². The molecule has 0 atom stereocenters. The number of rotatable bonds is 5. The van der Waals surface area contributed by atoms with Crippen molar-refractivity contribution in [2.24, 2.45) is 0 Å². The SMILES string of the molecule is C/C=C\CCc1cc(Br)c(OC)cc1OC. The molecule has 2 nitrogen and oxygen atoms in total. The molecular formula is C13H17BrO2. The van der Waals surface area contributed by atoms with E-state index in [9.17, 15) is 0 Å². The van der Waals surface area contributed by atoms with Crippen LogP contribution in [0.3, 0.4) is 0 Å². The van der Waals surface area contributed by atoms with Gasteiger partial charge in [0, 0.05) is 6.07 Å². The van der Waals surface area contributed by atoms with E-state index in [1.807, 2.05) is 13.0 Å². The summed E-state index contributed by atoms with van der Waals surface area (Å²) in [6.07, 6.45) is 6.20. The van der Waals surface area contributed by atoms with E-state index < -0.39 is 0 Å². The predicted octanol–water partition coefficient (Wildman–Crippen LogP) is 3.98. The Morgan fingerprint density at radius 3 is 2.44 bits per heavy atom. The standard InChI is InChI=1S/C13H17BrO2/c1-4-5-6-7-10-8-11(14)13(16-3)9-12(10)15-2/h4-5,8-9H,6-7H2,1-3H3/b5-4-. The van der Waals surface area contributed by atoms with Crippen LogP contribution < -0.4 is 9.47 Å². The second-order valence-electron chi connectivity index (χ2n) is 3.41. The number of halogens is 1. The van der Waals surface area contributed by atoms with Gasteiger partial charge in [-0.3, -0.25) is 0 Å². The Morgan fingerprint density at radius 1 is 1.19 bits per heavy atom. The van der Waals surface area contributed by atoms with Crippen molar-refractivity contribution in [2.75, 3.05) is 14.2 Å². The summed E-state index contributed by atoms with van der Waals surface area (Å²) < 4.78 is 11.5. The molecule has 0 aliphatic heterocycles. The van der Waals surface area contributed by atoms with Crippen molar-refractivity contribution in [2.45, 2.75) is 19.8 Å². The van der Waals surface area contributed by atoms with Crippen LogP contribution in [-0.2, 0) is 6.42 Å². The van der Waals surface area contributed by atoms with Crippen molar-refractivity contribution in [3.63, 3.8) is 0 Å². The van der Waals surface area contributed by atoms with Crippen LogP contribution in [-0.4, -0.2) is 14.2 Å². The summed E-state index contributed by atoms with van der Waals surface area (Å²) in [7, 11) is 3.33. The zero-order chi connectivity index (χ0) is 12.0. The Balaban J connectivity index is 2.94. The van der Waals surface area contributed by atoms with Crippen molar-refractivity contribution in [3.8, 4) is 11.5 Å². The molecule has 0 spiro atoms. The van der Waals surface area contributed by atoms with Crippen molar-refractivity contribution < 1.29 is 9.47 Å². The Bertz CT molecular complexity index is 372. The summed E-state index contributed by atoms with van der Waals surface area (Å²) in [5, 5.41) is 0. The molecule has 0 aliphatic rings. The van der Waals surface area contributed by atoms with Gasteiger partial charge >= 0.3 is 0 Å². The highest BCUT2D eigenvalue weighted by molar-refractivity contribution is 9.10. The average Bonchev–Trinajstić information content (AvgIpc) is 2.30. The van der Waals surface area contributed by atoms with E-state index in [-0.39, 0.29) is 0 Å². The van der Waals surface area contributed by atoms with Gasteiger partial charge in [0.2, 0.25) is 0 Å². The zero-order valence-electron chi connectivity index (χ0n) is 9.92. The van der Waals surface area contributed by atoms with Gasteiger partial charge in [-0.1, -0.05) is 12.2 Å². The summed E-state index contributed by atoms with van der Waals surface area (Å²) in [6.45, 7) is 2.03. The van der Waals surface area contributed by atoms with Gasteiger partial charge in [-0.15, -0.1) is 0 Å². The van der Waals surface area contributed by atoms with E-state index in [0.717, 1.165) is 28.8 Å². The van der Waals surface area contributed by atoms with Crippen molar-refractivity contribution in [1.29, 1.82) is 0 Å². The number of aryl methyl sites for hydroxylation is 1. The fraction of sp³-hybridized carbons (Fsp3) is 0.385. The molecule has 0 aromatic heterocycles. The lowest BCUT2D eigenvalue weighted by Crippen LogP contribution is -1.94. The van der Waals surface area contributed by atoms with E-state index in [0.29, 0.717) is 0 Å². The van der Waals surface area contributed by atoms with Crippen LogP contribution in [0, 0.1) is 0 Å². The van der Waals surface area contributed by atoms with Gasteiger partial charge in [-0.25, -0.2) is 0 Å². The number of ether oxygens (including phenoxy) is 2. The third kappa shape index (κ3) is 3.27. The van der Waals surface area contributed by atoms with Crippen LogP contribution in [0.2, 0.25) is 0 Å². The molecule has 1 aromatic rings. The maximum atomic E-state index is 5.35. The first kappa shape index (κ1) is 13.1. The minimum atomic E-state index is 0.798. The van der Waals surface area contributed by atoms with Gasteiger partial charge in [0.1, 0.15) is 11.5 Å². The number of hydrogen-bond acceptors (Lipinski definition) is 2. The molecule has 0 heterocycles. The molecular weight excluding hydrogens is 268 g/mol. The largest absolute Gasteiger partial charge is 0.496 e. The molecule has 88 valence electrons. The third-order valence-electron chi connectivity index (χ3n) is 2.37. The smallest absolute Gasteiger partial charge is 0.136 e. The molecule has 0 saturated carbocycles. The quantitative estimate of drug-likeness (QED) is 0.762. The molecule has 0 unspecified atom stereocenters. The molecule has 0 radical (unpaired) electrons. The highest BCUT2D eigenvalue weighted by Crippen LogP contribution is 2.33. The monoisotopic (exact) mass is 284 g/mol. The van der Waals surface area contributed by atoms with Crippen LogP contribution in [0.4, 0.5) is 0 Å². The van der Waals surface area contributed by atoms with Crippen molar-refractivity contribution >= 4 is 15.9 Å². The summed E-state index contributed by atoms with van der Waals surface area (Å²) >= 11 is 3.48. The second-order valence-corrected chi connectivity index (χ2v) is 4.26. The van der Waals surface area contributed by atoms with Gasteiger partial charge in [0.05, 0.1) is 18.7 Å². The zero-order valence-corrected chi connectivity index (χ0v) is 11.5. The lowest BCUT2D eigenvalue weighted by atomic mass is 10.1. The summed E-state index contributed by atoms with van der Waals surface area (Å²) in [5.74, 6) is 1.68. The topological polar surface area (TPSA) is 18.5 Å². The molecule has 0 amide bonds. The first-order valence-electron chi connectivity index (χ1n) is 5.24. The van der Waals surface area contributed by atoms with E-state index in [2.05, 4.69) is 34.1 Å². The van der Waals surface area contributed by atoms with Crippen molar-refractivity contribution in [1.82, 2.24) is 0 Å². The molecule has 0 N–H and O–H groups in total. The fourth-order valence-corrected chi connectivity index (χ4v) is 2.08. The molecule has 1 rings (SSSR count). The van der Waals surface area contributed by atoms with Crippen LogP contribution in [0.25, 0.3) is 0 Å². The highest BCUT2D eigenvalue weighted by atomic mass is 79.9. The molecule has 1 aromatic carbocycles. The predicted molar refractivity (Wildman–Crippen MR) is 70.4 cm³/mol. The molecule has 0 fully saturated rings. The van der Waals surface area contributed by atoms with E-state index in [4.69, 9.17) is 9.47 Å². The molecule has 0 aliphatic carbocycles. The maximum Gasteiger partial charge on any atom is 0.136 e. The van der Waals surface area contributed by atoms with Gasteiger partial charge in [0.25, 0.3) is 0 Å².